The standard InChI is InChI=1S/C18H23ClN4O4/c1-18(2,3)27-17(26)22(4)15-6-10(19)5-14-13(9-20-23(14)15)16(25)21-11-7-12(24)8-11/h5-6,9,11-12,24H,7-8H2,1-4H3,(H,21,25)/t11-,12-. The fourth-order valence-electron chi connectivity index (χ4n) is 2.84. The normalized spacial score (nSPS) is 19.5. The number of carbonyl (C=O) groups is 2. The minimum Gasteiger partial charge on any atom is -0.443 e. The Balaban J connectivity index is 1.90. The van der Waals surface area contributed by atoms with Gasteiger partial charge in [-0.15, -0.1) is 0 Å². The molecule has 1 saturated carbocycles. The first-order chi connectivity index (χ1) is 12.5. The zero-order chi connectivity index (χ0) is 19.9. The lowest BCUT2D eigenvalue weighted by molar-refractivity contribution is 0.0560. The molecule has 2 N–H and O–H groups in total. The van der Waals surface area contributed by atoms with Crippen molar-refractivity contribution in [1.29, 1.82) is 0 Å². The molecule has 9 heteroatoms. The maximum Gasteiger partial charge on any atom is 0.415 e. The highest BCUT2D eigenvalue weighted by atomic mass is 35.5. The van der Waals surface area contributed by atoms with Gasteiger partial charge in [0.25, 0.3) is 5.91 Å². The van der Waals surface area contributed by atoms with Crippen molar-refractivity contribution in [1.82, 2.24) is 14.9 Å². The topological polar surface area (TPSA) is 96.2 Å². The summed E-state index contributed by atoms with van der Waals surface area (Å²) in [5.41, 5.74) is 0.175. The zero-order valence-corrected chi connectivity index (χ0v) is 16.4. The summed E-state index contributed by atoms with van der Waals surface area (Å²) in [6.45, 7) is 5.33. The summed E-state index contributed by atoms with van der Waals surface area (Å²) in [6, 6.07) is 3.14. The predicted octanol–water partition coefficient (Wildman–Crippen LogP) is 2.61. The van der Waals surface area contributed by atoms with Crippen LogP contribution in [-0.2, 0) is 4.74 Å². The van der Waals surface area contributed by atoms with E-state index >= 15 is 0 Å². The molecule has 0 spiro atoms. The van der Waals surface area contributed by atoms with E-state index in [0.717, 1.165) is 0 Å². The molecule has 0 aromatic carbocycles. The van der Waals surface area contributed by atoms with Crippen LogP contribution in [0.4, 0.5) is 10.6 Å². The second-order valence-electron chi connectivity index (χ2n) is 7.72. The number of aliphatic hydroxyl groups is 1. The molecule has 2 aromatic heterocycles. The van der Waals surface area contributed by atoms with E-state index in [1.54, 1.807) is 40.0 Å². The number of fused-ring (bicyclic) bond motifs is 1. The molecule has 2 heterocycles. The number of aromatic nitrogens is 2. The maximum absolute atomic E-state index is 12.5. The molecule has 8 nitrogen and oxygen atoms in total. The van der Waals surface area contributed by atoms with Gasteiger partial charge in [-0.25, -0.2) is 9.31 Å². The van der Waals surface area contributed by atoms with Gasteiger partial charge in [0.15, 0.2) is 0 Å². The smallest absolute Gasteiger partial charge is 0.415 e. The van der Waals surface area contributed by atoms with Gasteiger partial charge in [0.2, 0.25) is 0 Å². The molecule has 1 fully saturated rings. The third kappa shape index (κ3) is 4.17. The van der Waals surface area contributed by atoms with Crippen molar-refractivity contribution in [2.75, 3.05) is 11.9 Å². The number of nitrogens with one attached hydrogen (secondary N) is 1. The molecule has 0 bridgehead atoms. The predicted molar refractivity (Wildman–Crippen MR) is 101 cm³/mol. The van der Waals surface area contributed by atoms with E-state index in [4.69, 9.17) is 16.3 Å². The van der Waals surface area contributed by atoms with Crippen molar-refractivity contribution in [3.05, 3.63) is 28.9 Å². The molecule has 27 heavy (non-hydrogen) atoms. The van der Waals surface area contributed by atoms with Gasteiger partial charge in [0.1, 0.15) is 11.4 Å². The van der Waals surface area contributed by atoms with Crippen LogP contribution < -0.4 is 10.2 Å². The fraction of sp³-hybridized carbons (Fsp3) is 0.500. The molecule has 0 aliphatic heterocycles. The van der Waals surface area contributed by atoms with Crippen LogP contribution in [0.1, 0.15) is 44.0 Å². The van der Waals surface area contributed by atoms with Gasteiger partial charge in [-0.1, -0.05) is 11.6 Å². The summed E-state index contributed by atoms with van der Waals surface area (Å²) >= 11 is 6.22. The lowest BCUT2D eigenvalue weighted by Crippen LogP contribution is -2.46. The van der Waals surface area contributed by atoms with Crippen molar-refractivity contribution < 1.29 is 19.4 Å². The molecule has 2 amide bonds. The number of aliphatic hydroxyl groups excluding tert-OH is 1. The second-order valence-corrected chi connectivity index (χ2v) is 8.16. The summed E-state index contributed by atoms with van der Waals surface area (Å²) in [6.07, 6.45) is 1.60. The number of pyridine rings is 1. The summed E-state index contributed by atoms with van der Waals surface area (Å²) in [5, 5.41) is 16.8. The van der Waals surface area contributed by atoms with Crippen LogP contribution in [0.3, 0.4) is 0 Å². The molecule has 0 atom stereocenters. The Labute approximate surface area is 162 Å². The van der Waals surface area contributed by atoms with Gasteiger partial charge in [-0.05, 0) is 45.7 Å². The Bertz CT molecular complexity index is 883. The first kappa shape index (κ1) is 19.4. The summed E-state index contributed by atoms with van der Waals surface area (Å²) in [4.78, 5) is 26.2. The first-order valence-corrected chi connectivity index (χ1v) is 9.06. The average Bonchev–Trinajstić information content (AvgIpc) is 2.93. The highest BCUT2D eigenvalue weighted by Gasteiger charge is 2.30. The van der Waals surface area contributed by atoms with E-state index < -0.39 is 11.7 Å². The molecule has 3 rings (SSSR count). The average molecular weight is 395 g/mol. The fourth-order valence-corrected chi connectivity index (χ4v) is 3.04. The number of nitrogens with zero attached hydrogens (tertiary/aromatic N) is 3. The summed E-state index contributed by atoms with van der Waals surface area (Å²) in [7, 11) is 1.55. The van der Waals surface area contributed by atoms with Gasteiger partial charge >= 0.3 is 6.09 Å². The van der Waals surface area contributed by atoms with Crippen LogP contribution >= 0.6 is 11.6 Å². The van der Waals surface area contributed by atoms with E-state index in [1.165, 1.54) is 15.6 Å². The van der Waals surface area contributed by atoms with Crippen molar-refractivity contribution in [2.45, 2.75) is 51.4 Å². The third-order valence-electron chi connectivity index (χ3n) is 4.27. The summed E-state index contributed by atoms with van der Waals surface area (Å²) in [5.74, 6) is 0.0832. The zero-order valence-electron chi connectivity index (χ0n) is 15.7. The van der Waals surface area contributed by atoms with Gasteiger partial charge in [0.05, 0.1) is 23.4 Å². The molecular formula is C18H23ClN4O4. The van der Waals surface area contributed by atoms with E-state index in [-0.39, 0.29) is 18.1 Å². The monoisotopic (exact) mass is 394 g/mol. The summed E-state index contributed by atoms with van der Waals surface area (Å²) < 4.78 is 6.85. The van der Waals surface area contributed by atoms with Gasteiger partial charge in [-0.3, -0.25) is 9.69 Å². The van der Waals surface area contributed by atoms with Crippen LogP contribution in [0.5, 0.6) is 0 Å². The van der Waals surface area contributed by atoms with E-state index in [9.17, 15) is 14.7 Å². The maximum atomic E-state index is 12.5. The lowest BCUT2D eigenvalue weighted by Gasteiger charge is -2.31. The second kappa shape index (κ2) is 7.01. The third-order valence-corrected chi connectivity index (χ3v) is 4.49. The van der Waals surface area contributed by atoms with E-state index in [1.807, 2.05) is 0 Å². The molecule has 146 valence electrons. The molecule has 2 aromatic rings. The Morgan fingerprint density at radius 3 is 2.63 bits per heavy atom. The van der Waals surface area contributed by atoms with Crippen LogP contribution in [0.15, 0.2) is 18.3 Å². The number of ether oxygens (including phenoxy) is 1. The number of amides is 2. The Morgan fingerprint density at radius 1 is 1.37 bits per heavy atom. The van der Waals surface area contributed by atoms with Crippen LogP contribution in [0.25, 0.3) is 5.52 Å². The molecule has 0 radical (unpaired) electrons. The quantitative estimate of drug-likeness (QED) is 0.834. The van der Waals surface area contributed by atoms with Crippen LogP contribution in [0.2, 0.25) is 5.02 Å². The van der Waals surface area contributed by atoms with Gasteiger partial charge < -0.3 is 15.2 Å². The van der Waals surface area contributed by atoms with E-state index in [2.05, 4.69) is 10.4 Å². The van der Waals surface area contributed by atoms with Crippen LogP contribution in [-0.4, -0.2) is 51.5 Å². The minimum atomic E-state index is -0.647. The molecular weight excluding hydrogens is 372 g/mol. The Kier molecular flexibility index (Phi) is 5.05. The van der Waals surface area contributed by atoms with Crippen molar-refractivity contribution in [3.63, 3.8) is 0 Å². The Morgan fingerprint density at radius 2 is 2.04 bits per heavy atom. The number of halogens is 1. The van der Waals surface area contributed by atoms with Gasteiger partial charge in [-0.2, -0.15) is 5.10 Å². The molecule has 0 unspecified atom stereocenters. The lowest BCUT2D eigenvalue weighted by atomic mass is 9.89. The number of hydrogen-bond donors (Lipinski definition) is 2. The molecule has 1 aliphatic rings. The number of rotatable bonds is 3. The van der Waals surface area contributed by atoms with Crippen molar-refractivity contribution in [2.24, 2.45) is 0 Å². The Hall–Kier alpha value is -2.32. The van der Waals surface area contributed by atoms with Crippen LogP contribution in [0, 0.1) is 0 Å². The van der Waals surface area contributed by atoms with Crippen molar-refractivity contribution in [3.8, 4) is 0 Å². The van der Waals surface area contributed by atoms with Crippen molar-refractivity contribution >= 4 is 34.9 Å². The number of anilines is 1. The highest BCUT2D eigenvalue weighted by molar-refractivity contribution is 6.31. The SMILES string of the molecule is CN(C(=O)OC(C)(C)C)c1cc(Cl)cc2c(C(=O)N[C@H]3C[C@H](O)C3)cnn12. The largest absolute Gasteiger partial charge is 0.443 e. The molecule has 1 aliphatic carbocycles. The highest BCUT2D eigenvalue weighted by Crippen LogP contribution is 2.26. The number of carbonyl (C=O) groups excluding carboxylic acids is 2. The number of hydrogen-bond acceptors (Lipinski definition) is 5. The van der Waals surface area contributed by atoms with Gasteiger partial charge in [0, 0.05) is 18.1 Å². The van der Waals surface area contributed by atoms with E-state index in [0.29, 0.717) is 34.8 Å². The first-order valence-electron chi connectivity index (χ1n) is 8.68. The minimum absolute atomic E-state index is 0.0504. The molecule has 0 saturated heterocycles.